The SMILES string of the molecule is COC(=O)[C@H]1CC(=O)[C@H](OC(C)=O)[C@@H]2[C@H]1CCC21OCCO1. The quantitative estimate of drug-likeness (QED) is 0.684. The van der Waals surface area contributed by atoms with Gasteiger partial charge in [0.2, 0.25) is 0 Å². The second-order valence-electron chi connectivity index (χ2n) is 6.07. The predicted octanol–water partition coefficient (Wildman–Crippen LogP) is 0.449. The van der Waals surface area contributed by atoms with Gasteiger partial charge in [0.05, 0.1) is 32.2 Å². The zero-order chi connectivity index (χ0) is 15.9. The Kier molecular flexibility index (Phi) is 3.94. The molecule has 3 aliphatic rings. The molecule has 0 aromatic heterocycles. The van der Waals surface area contributed by atoms with Gasteiger partial charge >= 0.3 is 11.9 Å². The molecule has 0 aromatic rings. The van der Waals surface area contributed by atoms with Crippen LogP contribution in [0.3, 0.4) is 0 Å². The minimum Gasteiger partial charge on any atom is -0.469 e. The molecule has 7 nitrogen and oxygen atoms in total. The lowest BCUT2D eigenvalue weighted by Crippen LogP contribution is -2.54. The molecule has 0 N–H and O–H groups in total. The highest BCUT2D eigenvalue weighted by Crippen LogP contribution is 2.54. The largest absolute Gasteiger partial charge is 0.469 e. The van der Waals surface area contributed by atoms with E-state index in [2.05, 4.69) is 0 Å². The number of carbonyl (C=O) groups excluding carboxylic acids is 3. The average Bonchev–Trinajstić information content (AvgIpc) is 3.09. The van der Waals surface area contributed by atoms with E-state index < -0.39 is 35.7 Å². The lowest BCUT2D eigenvalue weighted by molar-refractivity contribution is -0.221. The van der Waals surface area contributed by atoms with Gasteiger partial charge in [0.15, 0.2) is 17.7 Å². The number of rotatable bonds is 2. The zero-order valence-electron chi connectivity index (χ0n) is 12.7. The van der Waals surface area contributed by atoms with Crippen molar-refractivity contribution in [3.63, 3.8) is 0 Å². The first kappa shape index (κ1) is 15.4. The van der Waals surface area contributed by atoms with Crippen LogP contribution in [0.5, 0.6) is 0 Å². The number of esters is 2. The normalized spacial score (nSPS) is 36.2. The predicted molar refractivity (Wildman–Crippen MR) is 71.5 cm³/mol. The van der Waals surface area contributed by atoms with Crippen molar-refractivity contribution in [1.29, 1.82) is 0 Å². The molecular formula is C15H20O7. The first-order chi connectivity index (χ1) is 10.5. The number of ether oxygens (including phenoxy) is 4. The molecule has 0 radical (unpaired) electrons. The number of ketones is 1. The van der Waals surface area contributed by atoms with Crippen LogP contribution < -0.4 is 0 Å². The number of carbonyl (C=O) groups is 3. The fourth-order valence-corrected chi connectivity index (χ4v) is 4.17. The smallest absolute Gasteiger partial charge is 0.309 e. The number of hydrogen-bond acceptors (Lipinski definition) is 7. The van der Waals surface area contributed by atoms with Crippen molar-refractivity contribution in [2.24, 2.45) is 17.8 Å². The molecule has 3 rings (SSSR count). The van der Waals surface area contributed by atoms with Gasteiger partial charge < -0.3 is 18.9 Å². The summed E-state index contributed by atoms with van der Waals surface area (Å²) in [4.78, 5) is 35.8. The van der Waals surface area contributed by atoms with Crippen LogP contribution in [0.1, 0.15) is 26.2 Å². The Bertz CT molecular complexity index is 494. The molecule has 0 amide bonds. The van der Waals surface area contributed by atoms with Gasteiger partial charge in [-0.25, -0.2) is 0 Å². The lowest BCUT2D eigenvalue weighted by atomic mass is 9.70. The first-order valence-electron chi connectivity index (χ1n) is 7.54. The standard InChI is InChI=1S/C15H20O7/c1-8(16)22-13-11(17)7-10(14(18)19-2)9-3-4-15(12(9)13)20-5-6-21-15/h9-10,12-13H,3-7H2,1-2H3/t9-,10-,12-,13-/m0/s1. The summed E-state index contributed by atoms with van der Waals surface area (Å²) in [6.07, 6.45) is 0.377. The molecule has 1 saturated heterocycles. The molecule has 122 valence electrons. The number of hydrogen-bond donors (Lipinski definition) is 0. The highest BCUT2D eigenvalue weighted by atomic mass is 16.7. The molecule has 0 unspecified atom stereocenters. The topological polar surface area (TPSA) is 88.1 Å². The van der Waals surface area contributed by atoms with Crippen LogP contribution in [-0.2, 0) is 33.3 Å². The van der Waals surface area contributed by atoms with E-state index in [1.54, 1.807) is 0 Å². The van der Waals surface area contributed by atoms with Gasteiger partial charge in [0, 0.05) is 19.8 Å². The summed E-state index contributed by atoms with van der Waals surface area (Å²) in [6.45, 7) is 2.15. The van der Waals surface area contributed by atoms with E-state index in [0.29, 0.717) is 26.1 Å². The van der Waals surface area contributed by atoms with Crippen LogP contribution in [0, 0.1) is 17.8 Å². The third-order valence-electron chi connectivity index (χ3n) is 4.95. The maximum atomic E-state index is 12.4. The van der Waals surface area contributed by atoms with Crippen LogP contribution in [0.4, 0.5) is 0 Å². The minimum atomic E-state index is -0.923. The van der Waals surface area contributed by atoms with E-state index >= 15 is 0 Å². The van der Waals surface area contributed by atoms with Gasteiger partial charge in [-0.1, -0.05) is 0 Å². The second kappa shape index (κ2) is 5.62. The summed E-state index contributed by atoms with van der Waals surface area (Å²) in [5, 5.41) is 0. The molecule has 0 bridgehead atoms. The van der Waals surface area contributed by atoms with Crippen LogP contribution >= 0.6 is 0 Å². The molecule has 7 heteroatoms. The summed E-state index contributed by atoms with van der Waals surface area (Å²) in [6, 6.07) is 0. The van der Waals surface area contributed by atoms with E-state index in [1.807, 2.05) is 0 Å². The van der Waals surface area contributed by atoms with Gasteiger partial charge in [-0.15, -0.1) is 0 Å². The van der Waals surface area contributed by atoms with Crippen molar-refractivity contribution in [2.45, 2.75) is 38.1 Å². The Balaban J connectivity index is 1.95. The third-order valence-corrected chi connectivity index (χ3v) is 4.95. The van der Waals surface area contributed by atoms with Crippen molar-refractivity contribution < 1.29 is 33.3 Å². The van der Waals surface area contributed by atoms with Crippen molar-refractivity contribution in [3.05, 3.63) is 0 Å². The fourth-order valence-electron chi connectivity index (χ4n) is 4.17. The Morgan fingerprint density at radius 3 is 2.55 bits per heavy atom. The third kappa shape index (κ3) is 2.32. The molecular weight excluding hydrogens is 292 g/mol. The minimum absolute atomic E-state index is 0.0296. The van der Waals surface area contributed by atoms with E-state index in [4.69, 9.17) is 18.9 Å². The summed E-state index contributed by atoms with van der Waals surface area (Å²) in [7, 11) is 1.31. The van der Waals surface area contributed by atoms with Crippen LogP contribution in [-0.4, -0.2) is 49.9 Å². The van der Waals surface area contributed by atoms with E-state index in [-0.39, 0.29) is 18.1 Å². The Labute approximate surface area is 128 Å². The van der Waals surface area contributed by atoms with Crippen molar-refractivity contribution in [2.75, 3.05) is 20.3 Å². The van der Waals surface area contributed by atoms with Crippen molar-refractivity contribution in [1.82, 2.24) is 0 Å². The molecule has 1 aliphatic heterocycles. The Morgan fingerprint density at radius 2 is 1.95 bits per heavy atom. The van der Waals surface area contributed by atoms with E-state index in [1.165, 1.54) is 14.0 Å². The summed E-state index contributed by atoms with van der Waals surface area (Å²) >= 11 is 0. The van der Waals surface area contributed by atoms with E-state index in [0.717, 1.165) is 0 Å². The van der Waals surface area contributed by atoms with Gasteiger partial charge in [0.1, 0.15) is 0 Å². The highest BCUT2D eigenvalue weighted by molar-refractivity contribution is 5.91. The van der Waals surface area contributed by atoms with Crippen molar-refractivity contribution >= 4 is 17.7 Å². The van der Waals surface area contributed by atoms with Crippen LogP contribution in [0.25, 0.3) is 0 Å². The van der Waals surface area contributed by atoms with Gasteiger partial charge in [-0.05, 0) is 12.3 Å². The number of fused-ring (bicyclic) bond motifs is 2. The molecule has 2 aliphatic carbocycles. The summed E-state index contributed by atoms with van der Waals surface area (Å²) in [5.41, 5.74) is 0. The average molecular weight is 312 g/mol. The van der Waals surface area contributed by atoms with E-state index in [9.17, 15) is 14.4 Å². The molecule has 3 fully saturated rings. The maximum absolute atomic E-state index is 12.4. The lowest BCUT2D eigenvalue weighted by Gasteiger charge is -2.41. The Morgan fingerprint density at radius 1 is 1.27 bits per heavy atom. The van der Waals surface area contributed by atoms with Gasteiger partial charge in [-0.2, -0.15) is 0 Å². The monoisotopic (exact) mass is 312 g/mol. The van der Waals surface area contributed by atoms with Gasteiger partial charge in [0.25, 0.3) is 0 Å². The molecule has 2 saturated carbocycles. The second-order valence-corrected chi connectivity index (χ2v) is 6.07. The summed E-state index contributed by atoms with van der Waals surface area (Å²) < 4.78 is 21.6. The summed E-state index contributed by atoms with van der Waals surface area (Å²) in [5.74, 6) is -3.24. The zero-order valence-corrected chi connectivity index (χ0v) is 12.7. The van der Waals surface area contributed by atoms with Crippen LogP contribution in [0.15, 0.2) is 0 Å². The van der Waals surface area contributed by atoms with Crippen LogP contribution in [0.2, 0.25) is 0 Å². The fraction of sp³-hybridized carbons (Fsp3) is 0.800. The molecule has 4 atom stereocenters. The molecule has 1 heterocycles. The number of methoxy groups -OCH3 is 1. The maximum Gasteiger partial charge on any atom is 0.309 e. The molecule has 22 heavy (non-hydrogen) atoms. The van der Waals surface area contributed by atoms with Gasteiger partial charge in [-0.3, -0.25) is 14.4 Å². The Hall–Kier alpha value is -1.47. The highest BCUT2D eigenvalue weighted by Gasteiger charge is 2.63. The van der Waals surface area contributed by atoms with Crippen molar-refractivity contribution in [3.8, 4) is 0 Å². The first-order valence-corrected chi connectivity index (χ1v) is 7.54. The molecule has 0 aromatic carbocycles. The number of Topliss-reactive ketones (excluding diaryl/α,β-unsaturated/α-hetero) is 1. The molecule has 1 spiro atoms.